The summed E-state index contributed by atoms with van der Waals surface area (Å²) in [5.41, 5.74) is 12.1. The summed E-state index contributed by atoms with van der Waals surface area (Å²) in [6.07, 6.45) is -23.6. The molecule has 44 nitrogen and oxygen atoms in total. The van der Waals surface area contributed by atoms with Gasteiger partial charge >= 0.3 is 146 Å². The van der Waals surface area contributed by atoms with E-state index in [0.717, 1.165) is 12.7 Å². The number of nitrogens with two attached hydrogens (primary N) is 2. The van der Waals surface area contributed by atoms with Crippen LogP contribution in [0.3, 0.4) is 0 Å². The van der Waals surface area contributed by atoms with Crippen molar-refractivity contribution in [2.45, 2.75) is 138 Å². The Morgan fingerprint density at radius 3 is 1.28 bits per heavy atom. The second-order valence-electron chi connectivity index (χ2n) is 20.2. The third kappa shape index (κ3) is 23.3. The number of hydrogen-bond acceptors (Lipinski definition) is 40. The van der Waals surface area contributed by atoms with Crippen LogP contribution in [0.1, 0.15) is 52.0 Å². The number of nitrogens with zero attached hydrogens (tertiary/aromatic N) is 8. The van der Waals surface area contributed by atoms with Gasteiger partial charge in [0.25, 0.3) is 15.6 Å². The van der Waals surface area contributed by atoms with Crippen LogP contribution in [0, 0.1) is 11.8 Å². The number of aliphatic hydroxyl groups is 8. The standard InChI is InChI=1S/2C21H31N5O17P2.4Na/c1-8(2-11(27)28)3-12(29)42-17-10(41-21(33)16(17)32)5-39-45(36,37)43-44(34,35)38-4-9-14(30)15(31)20(40-9)26-7-25-13-18(22)23-6-24-19(13)26;1-8(2-11(27)28)3-12(29)42-17-15(31)10(41-21(17)33)5-39-45(36,37)43-44(34,35)38-4-9-14(30)16(32)20(40-9)26-7-25-13-18(22)23-6-24-19(13)26;;;;/h2*6-10,14-17,20-21,30-33H,2-5H2,1H3,(H,27,28)(H,34,35)(H,36,37)(H2,22,23,24);;;;/q;;4*+1/p-4/t2*8?,9-,10-,14-,15-,16-,17-,20-,21?;;;;/m11..../s1. The maximum Gasteiger partial charge on any atom is 1.00 e. The molecular formula is C42H58N10Na4O34P4. The SMILES string of the molecule is CC(CC(=O)[O-])CC(=O)O[C@@H]1[C@@H](COP(=O)([O-])OP(=O)(O)OC[C@H]2O[C@@H](n3cnc4c(N)ncnc43)[C@H](O)[C@@H]2O)OC(O)[C@@H]1O.CC(CC(=O)[O-])CC(=O)O[C@H]1C(O)O[C@H](COP(=O)(O)OP(=O)([O-])OC[C@H]2O[C@@H](n3cnc4c(N)ncnc43)[C@H](O)[C@@H]2O)[C@H]1O.[Na+].[Na+].[Na+].[Na+]. The van der Waals surface area contributed by atoms with Gasteiger partial charge in [0.05, 0.1) is 39.1 Å². The maximum absolute atomic E-state index is 12.4. The Bertz CT molecular complexity index is 3410. The number of anilines is 2. The zero-order chi connectivity index (χ0) is 66.5. The molecule has 4 aliphatic heterocycles. The largest absolute Gasteiger partial charge is 1.00 e. The molecule has 8 rings (SSSR count). The molecule has 4 aliphatic rings. The molecule has 4 fully saturated rings. The summed E-state index contributed by atoms with van der Waals surface area (Å²) in [6.45, 7) is -1.28. The van der Waals surface area contributed by atoms with Crippen LogP contribution < -0.4 is 150 Å². The molecule has 0 aliphatic carbocycles. The average Bonchev–Trinajstić information content (AvgIpc) is 1.63. The molecule has 504 valence electrons. The van der Waals surface area contributed by atoms with Gasteiger partial charge < -0.3 is 129 Å². The first-order chi connectivity index (χ1) is 42.0. The Morgan fingerprint density at radius 1 is 0.511 bits per heavy atom. The number of carboxylic acid groups (broad SMARTS) is 2. The van der Waals surface area contributed by atoms with Crippen molar-refractivity contribution in [3.63, 3.8) is 0 Å². The monoisotopic (exact) mass is 1460 g/mol. The van der Waals surface area contributed by atoms with Gasteiger partial charge in [0.1, 0.15) is 84.7 Å². The minimum Gasteiger partial charge on any atom is -0.756 e. The molecule has 22 atom stereocenters. The number of ether oxygens (including phenoxy) is 6. The molecule has 0 spiro atoms. The van der Waals surface area contributed by atoms with E-state index in [1.165, 1.54) is 35.6 Å². The van der Waals surface area contributed by atoms with Crippen molar-refractivity contribution in [2.24, 2.45) is 11.8 Å². The van der Waals surface area contributed by atoms with Crippen LogP contribution in [0.25, 0.3) is 22.3 Å². The van der Waals surface area contributed by atoms with E-state index in [1.54, 1.807) is 0 Å². The van der Waals surface area contributed by atoms with Gasteiger partial charge in [-0.15, -0.1) is 0 Å². The molecule has 4 aromatic heterocycles. The van der Waals surface area contributed by atoms with Crippen LogP contribution in [0.15, 0.2) is 25.3 Å². The first kappa shape index (κ1) is 86.8. The van der Waals surface area contributed by atoms with Gasteiger partial charge in [-0.05, 0) is 24.7 Å². The minimum atomic E-state index is -5.71. The number of nitrogen functional groups attached to an aromatic ring is 2. The molecular weight excluding hydrogens is 1400 g/mol. The number of phosphoric acid groups is 4. The zero-order valence-corrected chi connectivity index (χ0v) is 61.7. The molecule has 0 bridgehead atoms. The Balaban J connectivity index is 0.000000470. The van der Waals surface area contributed by atoms with E-state index >= 15 is 0 Å². The van der Waals surface area contributed by atoms with E-state index in [0.29, 0.717) is 0 Å². The van der Waals surface area contributed by atoms with Gasteiger partial charge in [0, 0.05) is 24.8 Å². The van der Waals surface area contributed by atoms with Crippen molar-refractivity contribution in [3.8, 4) is 0 Å². The number of carboxylic acids is 2. The molecule has 14 N–H and O–H groups in total. The number of imidazole rings is 2. The fourth-order valence-electron chi connectivity index (χ4n) is 8.98. The molecule has 8 unspecified atom stereocenters. The van der Waals surface area contributed by atoms with Crippen molar-refractivity contribution in [1.82, 2.24) is 39.0 Å². The molecule has 8 heterocycles. The molecule has 4 saturated heterocycles. The van der Waals surface area contributed by atoms with Crippen LogP contribution in [-0.2, 0) is 92.6 Å². The number of carbonyl (C=O) groups is 4. The molecule has 0 saturated carbocycles. The third-order valence-corrected chi connectivity index (χ3v) is 18.4. The predicted molar refractivity (Wildman–Crippen MR) is 273 cm³/mol. The first-order valence-corrected chi connectivity index (χ1v) is 31.9. The molecule has 94 heavy (non-hydrogen) atoms. The van der Waals surface area contributed by atoms with Crippen LogP contribution in [0.4, 0.5) is 11.6 Å². The number of aliphatic carboxylic acids is 2. The number of esters is 2. The first-order valence-electron chi connectivity index (χ1n) is 25.9. The van der Waals surface area contributed by atoms with Gasteiger partial charge in [-0.3, -0.25) is 36.9 Å². The third-order valence-electron chi connectivity index (χ3n) is 13.2. The van der Waals surface area contributed by atoms with E-state index in [9.17, 15) is 108 Å². The van der Waals surface area contributed by atoms with Crippen LogP contribution in [0.2, 0.25) is 0 Å². The summed E-state index contributed by atoms with van der Waals surface area (Å²) in [6, 6.07) is 0. The Hall–Kier alpha value is -1.38. The van der Waals surface area contributed by atoms with Gasteiger partial charge in [-0.2, -0.15) is 0 Å². The molecule has 52 heteroatoms. The van der Waals surface area contributed by atoms with Crippen molar-refractivity contribution >= 4 is 89.1 Å². The van der Waals surface area contributed by atoms with Crippen molar-refractivity contribution in [3.05, 3.63) is 25.3 Å². The van der Waals surface area contributed by atoms with Gasteiger partial charge in [0.2, 0.25) is 0 Å². The Labute approximate surface area is 616 Å². The summed E-state index contributed by atoms with van der Waals surface area (Å²) >= 11 is 0. The summed E-state index contributed by atoms with van der Waals surface area (Å²) in [5, 5.41) is 103. The smallest absolute Gasteiger partial charge is 0.756 e. The summed E-state index contributed by atoms with van der Waals surface area (Å²) in [7, 11) is -22.4. The predicted octanol–water partition coefficient (Wildman–Crippen LogP) is -20.4. The molecule has 0 amide bonds. The van der Waals surface area contributed by atoms with E-state index in [4.69, 9.17) is 39.9 Å². The summed E-state index contributed by atoms with van der Waals surface area (Å²) in [5.74, 6) is -6.20. The van der Waals surface area contributed by atoms with Crippen molar-refractivity contribution < 1.29 is 281 Å². The number of aliphatic hydroxyl groups excluding tert-OH is 8. The Kier molecular flexibility index (Phi) is 34.2. The van der Waals surface area contributed by atoms with Crippen LogP contribution in [0.5, 0.6) is 0 Å². The topological polar surface area (TPSA) is 681 Å². The average molecular weight is 1460 g/mol. The second kappa shape index (κ2) is 37.0. The summed E-state index contributed by atoms with van der Waals surface area (Å²) < 4.78 is 109. The molecule has 0 radical (unpaired) electrons. The van der Waals surface area contributed by atoms with Gasteiger partial charge in [0.15, 0.2) is 60.2 Å². The number of aromatic nitrogens is 8. The number of fused-ring (bicyclic) bond motifs is 2. The molecule has 4 aromatic rings. The number of hydrogen-bond donors (Lipinski definition) is 12. The maximum atomic E-state index is 12.4. The van der Waals surface area contributed by atoms with E-state index in [2.05, 4.69) is 56.6 Å². The van der Waals surface area contributed by atoms with E-state index in [1.807, 2.05) is 0 Å². The fraction of sp³-hybridized carbons (Fsp3) is 0.667. The zero-order valence-electron chi connectivity index (χ0n) is 50.1. The molecule has 0 aromatic carbocycles. The van der Waals surface area contributed by atoms with Gasteiger partial charge in [-0.25, -0.2) is 47.7 Å². The minimum absolute atomic E-state index is 0. The van der Waals surface area contributed by atoms with Crippen molar-refractivity contribution in [2.75, 3.05) is 37.9 Å². The fourth-order valence-corrected chi connectivity index (χ4v) is 13.1. The summed E-state index contributed by atoms with van der Waals surface area (Å²) in [4.78, 5) is 113. The van der Waals surface area contributed by atoms with Gasteiger partial charge in [-0.1, -0.05) is 13.8 Å². The van der Waals surface area contributed by atoms with Crippen molar-refractivity contribution in [1.29, 1.82) is 0 Å². The normalized spacial score (nSPS) is 30.4. The number of carbonyl (C=O) groups excluding carboxylic acids is 4. The Morgan fingerprint density at radius 2 is 0.872 bits per heavy atom. The van der Waals surface area contributed by atoms with E-state index in [-0.39, 0.29) is 152 Å². The van der Waals surface area contributed by atoms with E-state index < -0.39 is 217 Å². The quantitative estimate of drug-likeness (QED) is 0.0143. The van der Waals surface area contributed by atoms with Crippen LogP contribution in [-0.4, -0.2) is 226 Å². The van der Waals surface area contributed by atoms with Crippen LogP contribution >= 0.6 is 31.3 Å². The number of phosphoric ester groups is 4. The second-order valence-corrected chi connectivity index (χ2v) is 26.2. The number of rotatable bonds is 28.